The zero-order valence-electron chi connectivity index (χ0n) is 33.6. The van der Waals surface area contributed by atoms with Crippen molar-refractivity contribution in [2.24, 2.45) is 0 Å². The van der Waals surface area contributed by atoms with E-state index in [-0.39, 0.29) is 76.0 Å². The van der Waals surface area contributed by atoms with E-state index in [4.69, 9.17) is 0 Å². The molecule has 0 aromatic heterocycles. The van der Waals surface area contributed by atoms with Crippen LogP contribution in [0.3, 0.4) is 0 Å². The van der Waals surface area contributed by atoms with E-state index < -0.39 is 57.8 Å². The maximum atomic E-state index is 12.9. The van der Waals surface area contributed by atoms with Crippen LogP contribution in [-0.2, 0) is 25.6 Å². The summed E-state index contributed by atoms with van der Waals surface area (Å²) in [5, 5.41) is 38.9. The molecule has 0 radical (unpaired) electrons. The molecule has 0 saturated heterocycles. The number of rotatable bonds is 16. The fraction of sp³-hybridized carbons (Fsp3) is 0.220. The second kappa shape index (κ2) is 23.5. The number of aromatic hydroxyl groups is 4. The van der Waals surface area contributed by atoms with Crippen LogP contribution in [-0.4, -0.2) is 89.7 Å². The molecule has 332 valence electrons. The number of phenols is 4. The van der Waals surface area contributed by atoms with E-state index in [1.54, 1.807) is 26.0 Å². The van der Waals surface area contributed by atoms with Crippen molar-refractivity contribution in [2.45, 2.75) is 43.6 Å². The quantitative estimate of drug-likeness (QED) is 0.0711. The van der Waals surface area contributed by atoms with Crippen LogP contribution < -0.4 is 43.4 Å². The van der Waals surface area contributed by atoms with Gasteiger partial charge in [-0.25, -0.2) is 0 Å². The van der Waals surface area contributed by atoms with Gasteiger partial charge in [0.15, 0.2) is 0 Å². The van der Waals surface area contributed by atoms with Gasteiger partial charge in [-0.3, -0.25) is 81.8 Å². The number of thioether (sulfide) groups is 2. The molecule has 0 saturated carbocycles. The topological polar surface area (TPSA) is 314 Å². The van der Waals surface area contributed by atoms with Gasteiger partial charge in [0.25, 0.3) is 35.4 Å². The van der Waals surface area contributed by atoms with E-state index in [9.17, 15) is 58.8 Å². The number of carbonyl (C=O) groups is 8. The summed E-state index contributed by atoms with van der Waals surface area (Å²) in [5.74, 6) is -6.37. The molecule has 63 heavy (non-hydrogen) atoms. The largest absolute Gasteiger partial charge is 0.507 e. The molecule has 0 bridgehead atoms. The van der Waals surface area contributed by atoms with Gasteiger partial charge in [-0.2, -0.15) is 0 Å². The zero-order chi connectivity index (χ0) is 46.1. The number of hydrazine groups is 4. The summed E-state index contributed by atoms with van der Waals surface area (Å²) < 4.78 is 0. The minimum Gasteiger partial charge on any atom is -0.507 e. The van der Waals surface area contributed by atoms with Crippen LogP contribution in [0.2, 0.25) is 0 Å². The molecule has 8 amide bonds. The Morgan fingerprint density at radius 2 is 0.778 bits per heavy atom. The van der Waals surface area contributed by atoms with E-state index in [1.807, 2.05) is 0 Å². The molecule has 2 atom stereocenters. The van der Waals surface area contributed by atoms with Crippen molar-refractivity contribution < 1.29 is 58.8 Å². The standard InChI is InChI=1S/C41H44N8O12S2/c1-22(36(56)44-48-38(58)26-7-3-5-9-30(26)50)62-17-15-34(54)42-46-40(60)28-20-24(11-13-32(28)52)19-25-12-14-33(53)29(21-25)41(61)47-43-35(55)16-18-63-23(2)37(57)45-49-39(59)27-8-4-6-10-31(27)51/h3-14,20-23,50-53H,15-19H2,1-2H3,(H,42,54)(H,43,55)(H,44,56)(H,45,57)(H,46,60)(H,47,61)(H,48,58)(H,49,59). The average molecular weight is 905 g/mol. The van der Waals surface area contributed by atoms with E-state index in [0.717, 1.165) is 23.5 Å². The number of phenolic OH excluding ortho intramolecular Hbond substituents is 4. The van der Waals surface area contributed by atoms with Crippen molar-refractivity contribution in [1.29, 1.82) is 0 Å². The summed E-state index contributed by atoms with van der Waals surface area (Å²) in [6.45, 7) is 3.11. The zero-order valence-corrected chi connectivity index (χ0v) is 35.3. The number of benzene rings is 4. The van der Waals surface area contributed by atoms with E-state index in [1.165, 1.54) is 72.8 Å². The third-order valence-corrected chi connectivity index (χ3v) is 11.0. The van der Waals surface area contributed by atoms with Crippen LogP contribution in [0.15, 0.2) is 84.9 Å². The lowest BCUT2D eigenvalue weighted by molar-refractivity contribution is -0.122. The van der Waals surface area contributed by atoms with Crippen LogP contribution in [0, 0.1) is 0 Å². The van der Waals surface area contributed by atoms with E-state index >= 15 is 0 Å². The lowest BCUT2D eigenvalue weighted by atomic mass is 10.00. The Kier molecular flexibility index (Phi) is 18.0. The monoisotopic (exact) mass is 904 g/mol. The fourth-order valence-electron chi connectivity index (χ4n) is 5.21. The molecule has 12 N–H and O–H groups in total. The van der Waals surface area contributed by atoms with Crippen LogP contribution in [0.25, 0.3) is 0 Å². The van der Waals surface area contributed by atoms with Crippen molar-refractivity contribution in [3.8, 4) is 23.0 Å². The minimum absolute atomic E-state index is 0.0304. The van der Waals surface area contributed by atoms with Gasteiger partial charge in [-0.1, -0.05) is 36.4 Å². The first-order valence-corrected chi connectivity index (χ1v) is 21.0. The van der Waals surface area contributed by atoms with E-state index in [0.29, 0.717) is 11.1 Å². The maximum Gasteiger partial charge on any atom is 0.273 e. The Morgan fingerprint density at radius 1 is 0.444 bits per heavy atom. The molecule has 0 aliphatic heterocycles. The fourth-order valence-corrected chi connectivity index (χ4v) is 6.95. The Balaban J connectivity index is 1.17. The highest BCUT2D eigenvalue weighted by Gasteiger charge is 2.20. The lowest BCUT2D eigenvalue weighted by Gasteiger charge is -2.14. The highest BCUT2D eigenvalue weighted by molar-refractivity contribution is 8.00. The van der Waals surface area contributed by atoms with Gasteiger partial charge in [0.2, 0.25) is 11.8 Å². The first-order chi connectivity index (χ1) is 30.0. The van der Waals surface area contributed by atoms with Crippen LogP contribution in [0.5, 0.6) is 23.0 Å². The van der Waals surface area contributed by atoms with Crippen molar-refractivity contribution in [1.82, 2.24) is 43.4 Å². The van der Waals surface area contributed by atoms with Crippen molar-refractivity contribution in [3.05, 3.63) is 118 Å². The number of carbonyl (C=O) groups excluding carboxylic acids is 8. The number of hydrogen-bond donors (Lipinski definition) is 12. The molecule has 4 aromatic carbocycles. The molecular formula is C41H44N8O12S2. The molecule has 22 heteroatoms. The Labute approximate surface area is 368 Å². The van der Waals surface area contributed by atoms with Gasteiger partial charge in [0, 0.05) is 24.3 Å². The van der Waals surface area contributed by atoms with Crippen molar-refractivity contribution >= 4 is 70.8 Å². The Bertz CT molecular complexity index is 2210. The minimum atomic E-state index is -0.838. The van der Waals surface area contributed by atoms with Crippen molar-refractivity contribution in [3.63, 3.8) is 0 Å². The smallest absolute Gasteiger partial charge is 0.273 e. The van der Waals surface area contributed by atoms with Gasteiger partial charge in [-0.15, -0.1) is 23.5 Å². The average Bonchev–Trinajstić information content (AvgIpc) is 3.26. The highest BCUT2D eigenvalue weighted by Crippen LogP contribution is 2.24. The number of hydrogen-bond acceptors (Lipinski definition) is 14. The Morgan fingerprint density at radius 3 is 1.16 bits per heavy atom. The molecule has 0 heterocycles. The van der Waals surface area contributed by atoms with Crippen molar-refractivity contribution in [2.75, 3.05) is 11.5 Å². The molecule has 0 fully saturated rings. The lowest BCUT2D eigenvalue weighted by Crippen LogP contribution is -2.45. The van der Waals surface area contributed by atoms with Gasteiger partial charge in [-0.05, 0) is 79.9 Å². The molecule has 4 aromatic rings. The summed E-state index contributed by atoms with van der Waals surface area (Å²) in [7, 11) is 0. The first kappa shape index (κ1) is 48.2. The molecule has 2 unspecified atom stereocenters. The van der Waals surface area contributed by atoms with Gasteiger partial charge >= 0.3 is 0 Å². The predicted octanol–water partition coefficient (Wildman–Crippen LogP) is 1.57. The summed E-state index contributed by atoms with van der Waals surface area (Å²) in [5.41, 5.74) is 18.4. The summed E-state index contributed by atoms with van der Waals surface area (Å²) in [4.78, 5) is 99.7. The van der Waals surface area contributed by atoms with Gasteiger partial charge in [0.05, 0.1) is 32.8 Å². The third kappa shape index (κ3) is 14.9. The Hall–Kier alpha value is -7.46. The molecule has 20 nitrogen and oxygen atoms in total. The van der Waals surface area contributed by atoms with Gasteiger partial charge in [0.1, 0.15) is 23.0 Å². The molecule has 0 aliphatic rings. The first-order valence-electron chi connectivity index (χ1n) is 18.9. The second-order valence-electron chi connectivity index (χ2n) is 13.3. The molecule has 0 spiro atoms. The highest BCUT2D eigenvalue weighted by atomic mass is 32.2. The number of para-hydroxylation sites is 2. The normalized spacial score (nSPS) is 11.5. The number of nitrogens with one attached hydrogen (secondary N) is 8. The van der Waals surface area contributed by atoms with E-state index in [2.05, 4.69) is 43.4 Å². The predicted molar refractivity (Wildman–Crippen MR) is 231 cm³/mol. The van der Waals surface area contributed by atoms with Gasteiger partial charge < -0.3 is 20.4 Å². The summed E-state index contributed by atoms with van der Waals surface area (Å²) in [6.07, 6.45) is -0.0844. The van der Waals surface area contributed by atoms with Crippen LogP contribution >= 0.6 is 23.5 Å². The molecular weight excluding hydrogens is 861 g/mol. The maximum absolute atomic E-state index is 12.9. The molecule has 4 rings (SSSR count). The summed E-state index contributed by atoms with van der Waals surface area (Å²) in [6, 6.07) is 19.9. The number of amides is 8. The van der Waals surface area contributed by atoms with Crippen LogP contribution in [0.1, 0.15) is 79.2 Å². The van der Waals surface area contributed by atoms with Crippen LogP contribution in [0.4, 0.5) is 0 Å². The molecule has 0 aliphatic carbocycles. The SMILES string of the molecule is CC(SCCC(=O)NNC(=O)c1cc(Cc2ccc(O)c(C(=O)NNC(=O)CCSC(C)C(=O)NNC(=O)c3ccccc3O)c2)ccc1O)C(=O)NNC(=O)c1ccccc1O. The third-order valence-electron chi connectivity index (χ3n) is 8.68. The summed E-state index contributed by atoms with van der Waals surface area (Å²) >= 11 is 2.20. The second-order valence-corrected chi connectivity index (χ2v) is 16.2.